The molecule has 0 saturated carbocycles. The van der Waals surface area contributed by atoms with Crippen molar-refractivity contribution in [1.29, 1.82) is 5.26 Å². The first-order valence-corrected chi connectivity index (χ1v) is 4.12. The Morgan fingerprint density at radius 3 is 2.85 bits per heavy atom. The lowest BCUT2D eigenvalue weighted by molar-refractivity contribution is -0.136. The Morgan fingerprint density at radius 2 is 2.31 bits per heavy atom. The van der Waals surface area contributed by atoms with Crippen LogP contribution in [0.1, 0.15) is 19.3 Å². The van der Waals surface area contributed by atoms with E-state index in [0.717, 1.165) is 6.42 Å². The number of carbonyl (C=O) groups is 2. The van der Waals surface area contributed by atoms with Gasteiger partial charge in [-0.3, -0.25) is 9.59 Å². The van der Waals surface area contributed by atoms with E-state index < -0.39 is 11.9 Å². The minimum Gasteiger partial charge on any atom is -0.368 e. The van der Waals surface area contributed by atoms with Crippen LogP contribution in [-0.2, 0) is 9.59 Å². The first-order valence-electron chi connectivity index (χ1n) is 4.12. The molecular formula is C8H11N3O2. The summed E-state index contributed by atoms with van der Waals surface area (Å²) in [7, 11) is 0. The number of hydrogen-bond acceptors (Lipinski definition) is 3. The number of primary amides is 1. The fraction of sp³-hybridized carbons (Fsp3) is 0.625. The normalized spacial score (nSPS) is 21.2. The molecule has 1 saturated heterocycles. The first kappa shape index (κ1) is 9.52. The molecule has 13 heavy (non-hydrogen) atoms. The molecule has 1 atom stereocenters. The molecule has 0 spiro atoms. The van der Waals surface area contributed by atoms with Gasteiger partial charge in [0.25, 0.3) is 0 Å². The Hall–Kier alpha value is -1.57. The van der Waals surface area contributed by atoms with Crippen molar-refractivity contribution < 1.29 is 9.59 Å². The van der Waals surface area contributed by atoms with Crippen LogP contribution in [0.15, 0.2) is 0 Å². The molecule has 1 aliphatic heterocycles. The van der Waals surface area contributed by atoms with Gasteiger partial charge < -0.3 is 10.6 Å². The Balaban J connectivity index is 2.64. The average Bonchev–Trinajstić information content (AvgIpc) is 2.52. The minimum atomic E-state index is -0.499. The van der Waals surface area contributed by atoms with Gasteiger partial charge in [0.1, 0.15) is 12.5 Å². The van der Waals surface area contributed by atoms with Crippen LogP contribution in [0.4, 0.5) is 0 Å². The molecule has 1 aliphatic rings. The molecule has 0 aromatic heterocycles. The molecule has 1 fully saturated rings. The highest BCUT2D eigenvalue weighted by molar-refractivity contribution is 5.87. The monoisotopic (exact) mass is 181 g/mol. The molecular weight excluding hydrogens is 170 g/mol. The van der Waals surface area contributed by atoms with Gasteiger partial charge in [0.2, 0.25) is 11.8 Å². The second-order valence-electron chi connectivity index (χ2n) is 2.98. The molecule has 2 amide bonds. The fourth-order valence-corrected chi connectivity index (χ4v) is 1.53. The van der Waals surface area contributed by atoms with Gasteiger partial charge in [-0.1, -0.05) is 0 Å². The largest absolute Gasteiger partial charge is 0.368 e. The topological polar surface area (TPSA) is 87.2 Å². The molecule has 0 bridgehead atoms. The highest BCUT2D eigenvalue weighted by atomic mass is 16.2. The Bertz CT molecular complexity index is 269. The van der Waals surface area contributed by atoms with E-state index in [1.54, 1.807) is 6.07 Å². The first-order chi connectivity index (χ1) is 6.16. The predicted octanol–water partition coefficient (Wildman–Crippen LogP) is -0.624. The molecule has 5 nitrogen and oxygen atoms in total. The number of carbonyl (C=O) groups excluding carboxylic acids is 2. The van der Waals surface area contributed by atoms with E-state index in [9.17, 15) is 9.59 Å². The lowest BCUT2D eigenvalue weighted by atomic mass is 10.2. The lowest BCUT2D eigenvalue weighted by Crippen LogP contribution is -2.43. The van der Waals surface area contributed by atoms with Crippen LogP contribution >= 0.6 is 0 Å². The van der Waals surface area contributed by atoms with Gasteiger partial charge in [-0.15, -0.1) is 0 Å². The summed E-state index contributed by atoms with van der Waals surface area (Å²) in [5, 5.41) is 8.31. The van der Waals surface area contributed by atoms with Crippen molar-refractivity contribution in [1.82, 2.24) is 4.90 Å². The standard InChI is InChI=1S/C8H11N3O2/c9-4-3-7(12)11-5-1-2-6(11)8(10)13/h6H,1-3,5H2,(H2,10,13). The maximum Gasteiger partial charge on any atom is 0.240 e. The highest BCUT2D eigenvalue weighted by Crippen LogP contribution is 2.17. The van der Waals surface area contributed by atoms with Crippen molar-refractivity contribution in [3.63, 3.8) is 0 Å². The van der Waals surface area contributed by atoms with Crippen LogP contribution in [0.2, 0.25) is 0 Å². The van der Waals surface area contributed by atoms with Crippen LogP contribution in [0.5, 0.6) is 0 Å². The minimum absolute atomic E-state index is 0.177. The summed E-state index contributed by atoms with van der Waals surface area (Å²) in [6.07, 6.45) is 1.22. The zero-order chi connectivity index (χ0) is 9.84. The van der Waals surface area contributed by atoms with Gasteiger partial charge in [-0.25, -0.2) is 0 Å². The number of likely N-dealkylation sites (tertiary alicyclic amines) is 1. The molecule has 0 aromatic rings. The third-order valence-corrected chi connectivity index (χ3v) is 2.13. The van der Waals surface area contributed by atoms with Crippen LogP contribution in [0.25, 0.3) is 0 Å². The van der Waals surface area contributed by atoms with Crippen molar-refractivity contribution in [3.05, 3.63) is 0 Å². The summed E-state index contributed by atoms with van der Waals surface area (Å²) in [4.78, 5) is 23.5. The summed E-state index contributed by atoms with van der Waals surface area (Å²) in [6, 6.07) is 1.26. The molecule has 2 N–H and O–H groups in total. The van der Waals surface area contributed by atoms with Crippen LogP contribution in [0.3, 0.4) is 0 Å². The molecule has 1 unspecified atom stereocenters. The van der Waals surface area contributed by atoms with Gasteiger partial charge >= 0.3 is 0 Å². The second-order valence-corrected chi connectivity index (χ2v) is 2.98. The van der Waals surface area contributed by atoms with Crippen molar-refractivity contribution >= 4 is 11.8 Å². The molecule has 70 valence electrons. The number of rotatable bonds is 2. The number of nitrogens with two attached hydrogens (primary N) is 1. The van der Waals surface area contributed by atoms with Crippen molar-refractivity contribution in [2.45, 2.75) is 25.3 Å². The number of nitriles is 1. The summed E-state index contributed by atoms with van der Waals surface area (Å²) in [5.41, 5.74) is 5.11. The SMILES string of the molecule is N#CCC(=O)N1CCCC1C(N)=O. The predicted molar refractivity (Wildman–Crippen MR) is 44.2 cm³/mol. The second kappa shape index (κ2) is 3.90. The Kier molecular flexibility index (Phi) is 2.85. The third-order valence-electron chi connectivity index (χ3n) is 2.13. The quantitative estimate of drug-likeness (QED) is 0.615. The van der Waals surface area contributed by atoms with Crippen molar-refractivity contribution in [2.75, 3.05) is 6.54 Å². The van der Waals surface area contributed by atoms with Crippen LogP contribution in [-0.4, -0.2) is 29.3 Å². The van der Waals surface area contributed by atoms with Crippen LogP contribution < -0.4 is 5.73 Å². The Morgan fingerprint density at radius 1 is 1.62 bits per heavy atom. The molecule has 0 aliphatic carbocycles. The van der Waals surface area contributed by atoms with Crippen molar-refractivity contribution in [3.8, 4) is 6.07 Å². The molecule has 0 aromatic carbocycles. The van der Waals surface area contributed by atoms with E-state index >= 15 is 0 Å². The van der Waals surface area contributed by atoms with E-state index in [0.29, 0.717) is 13.0 Å². The van der Waals surface area contributed by atoms with E-state index in [4.69, 9.17) is 11.0 Å². The summed E-state index contributed by atoms with van der Waals surface area (Å²) >= 11 is 0. The average molecular weight is 181 g/mol. The van der Waals surface area contributed by atoms with E-state index in [2.05, 4.69) is 0 Å². The summed E-state index contributed by atoms with van der Waals surface area (Å²) < 4.78 is 0. The molecule has 1 heterocycles. The fourth-order valence-electron chi connectivity index (χ4n) is 1.53. The zero-order valence-electron chi connectivity index (χ0n) is 7.19. The van der Waals surface area contributed by atoms with E-state index in [-0.39, 0.29) is 12.3 Å². The summed E-state index contributed by atoms with van der Waals surface area (Å²) in [5.74, 6) is -0.785. The maximum atomic E-state index is 11.3. The van der Waals surface area contributed by atoms with Gasteiger partial charge in [0.15, 0.2) is 0 Å². The lowest BCUT2D eigenvalue weighted by Gasteiger charge is -2.20. The van der Waals surface area contributed by atoms with Gasteiger partial charge in [0, 0.05) is 6.54 Å². The van der Waals surface area contributed by atoms with Crippen LogP contribution in [0, 0.1) is 11.3 Å². The van der Waals surface area contributed by atoms with E-state index in [1.165, 1.54) is 4.90 Å². The highest BCUT2D eigenvalue weighted by Gasteiger charge is 2.31. The van der Waals surface area contributed by atoms with E-state index in [1.807, 2.05) is 0 Å². The Labute approximate surface area is 76.1 Å². The maximum absolute atomic E-state index is 11.3. The van der Waals surface area contributed by atoms with Crippen molar-refractivity contribution in [2.24, 2.45) is 5.73 Å². The van der Waals surface area contributed by atoms with Gasteiger partial charge in [0.05, 0.1) is 6.07 Å². The number of nitrogens with zero attached hydrogens (tertiary/aromatic N) is 2. The molecule has 0 radical (unpaired) electrons. The molecule has 1 rings (SSSR count). The van der Waals surface area contributed by atoms with Gasteiger partial charge in [-0.05, 0) is 12.8 Å². The smallest absolute Gasteiger partial charge is 0.240 e. The molecule has 5 heteroatoms. The number of hydrogen-bond donors (Lipinski definition) is 1. The zero-order valence-corrected chi connectivity index (χ0v) is 7.19. The third kappa shape index (κ3) is 1.96. The summed E-state index contributed by atoms with van der Waals surface area (Å²) in [6.45, 7) is 0.536. The number of amides is 2. The van der Waals surface area contributed by atoms with Gasteiger partial charge in [-0.2, -0.15) is 5.26 Å².